The lowest BCUT2D eigenvalue weighted by Gasteiger charge is -2.12. The summed E-state index contributed by atoms with van der Waals surface area (Å²) >= 11 is 0. The van der Waals surface area contributed by atoms with Gasteiger partial charge in [0.1, 0.15) is 11.2 Å². The molecule has 0 amide bonds. The molecule has 0 saturated heterocycles. The highest BCUT2D eigenvalue weighted by molar-refractivity contribution is 6.13. The van der Waals surface area contributed by atoms with Crippen molar-refractivity contribution in [1.82, 2.24) is 14.5 Å². The van der Waals surface area contributed by atoms with Crippen LogP contribution < -0.4 is 0 Å². The fourth-order valence-electron chi connectivity index (χ4n) is 9.04. The first kappa shape index (κ1) is 37.6. The maximum atomic E-state index is 6.50. The summed E-state index contributed by atoms with van der Waals surface area (Å²) in [6, 6.07) is 64.2. The van der Waals surface area contributed by atoms with Gasteiger partial charge in [-0.25, -0.2) is 0 Å². The number of pyridine rings is 2. The molecule has 0 saturated carbocycles. The molecule has 0 fully saturated rings. The van der Waals surface area contributed by atoms with Crippen molar-refractivity contribution >= 4 is 56.2 Å². The van der Waals surface area contributed by atoms with E-state index in [0.717, 1.165) is 117 Å². The molecule has 0 bridgehead atoms. The Morgan fingerprint density at radius 1 is 0.508 bits per heavy atom. The molecule has 11 aromatic rings. The molecular weight excluding hydrogens is 769 g/mol. The normalized spacial score (nSPS) is 12.0. The highest BCUT2D eigenvalue weighted by Crippen LogP contribution is 2.42. The molecule has 0 aliphatic rings. The summed E-state index contributed by atoms with van der Waals surface area (Å²) in [7, 11) is 0. The summed E-state index contributed by atoms with van der Waals surface area (Å²) < 4.78 is 8.88. The van der Waals surface area contributed by atoms with Crippen molar-refractivity contribution in [3.8, 4) is 61.6 Å². The third-order valence-electron chi connectivity index (χ3n) is 12.0. The molecular formula is C58H40N4O. The van der Waals surface area contributed by atoms with Crippen LogP contribution in [0.2, 0.25) is 0 Å². The number of aromatic nitrogens is 3. The van der Waals surface area contributed by atoms with E-state index in [9.17, 15) is 0 Å². The lowest BCUT2D eigenvalue weighted by Crippen LogP contribution is -1.94. The summed E-state index contributed by atoms with van der Waals surface area (Å²) in [5.74, 6) is 0. The Labute approximate surface area is 365 Å². The van der Waals surface area contributed by atoms with E-state index in [0.29, 0.717) is 0 Å². The molecule has 7 aromatic carbocycles. The molecule has 0 N–H and O–H groups in total. The van der Waals surface area contributed by atoms with E-state index >= 15 is 0 Å². The van der Waals surface area contributed by atoms with E-state index in [-0.39, 0.29) is 0 Å². The number of hydrogen-bond donors (Lipinski definition) is 0. The van der Waals surface area contributed by atoms with Crippen molar-refractivity contribution < 1.29 is 4.42 Å². The van der Waals surface area contributed by atoms with Crippen LogP contribution in [0.25, 0.3) is 111 Å². The number of fused-ring (bicyclic) bond motifs is 6. The largest absolute Gasteiger partial charge is 0.456 e. The van der Waals surface area contributed by atoms with Gasteiger partial charge in [0.2, 0.25) is 0 Å². The van der Waals surface area contributed by atoms with Crippen LogP contribution in [0, 0.1) is 0 Å². The van der Waals surface area contributed by atoms with Gasteiger partial charge in [0.05, 0.1) is 28.1 Å². The standard InChI is InChI=1S/C58H40N4O/c1-3-4-21-52(59-2)45-18-8-5-15-42(45)38-24-28-55-48(34-38)49-35-39(43-16-6-9-19-46(43)53-22-11-13-32-60-53)25-29-56(49)62(55)41-27-31-58-51(37-41)50-36-40(26-30-57(50)63-58)44-17-7-10-20-47(44)54-23-12-14-33-61-54/h3-37H,2H2,1H3/b4-3-,52-21-. The van der Waals surface area contributed by atoms with Gasteiger partial charge in [-0.1, -0.05) is 115 Å². The molecule has 4 aromatic heterocycles. The summed E-state index contributed by atoms with van der Waals surface area (Å²) in [6.07, 6.45) is 9.72. The third kappa shape index (κ3) is 6.64. The Morgan fingerprint density at radius 3 is 1.57 bits per heavy atom. The zero-order valence-electron chi connectivity index (χ0n) is 34.6. The molecule has 0 spiro atoms. The fourth-order valence-corrected chi connectivity index (χ4v) is 9.04. The number of rotatable bonds is 9. The lowest BCUT2D eigenvalue weighted by atomic mass is 9.94. The molecule has 5 heteroatoms. The van der Waals surface area contributed by atoms with E-state index in [2.05, 4.69) is 179 Å². The quantitative estimate of drug-likeness (QED) is 0.108. The van der Waals surface area contributed by atoms with Crippen molar-refractivity contribution in [2.45, 2.75) is 6.92 Å². The van der Waals surface area contributed by atoms with Crippen LogP contribution in [0.3, 0.4) is 0 Å². The molecule has 0 radical (unpaired) electrons. The maximum Gasteiger partial charge on any atom is 0.135 e. The van der Waals surface area contributed by atoms with E-state index in [4.69, 9.17) is 9.40 Å². The van der Waals surface area contributed by atoms with Gasteiger partial charge < -0.3 is 8.98 Å². The highest BCUT2D eigenvalue weighted by atomic mass is 16.3. The minimum absolute atomic E-state index is 0.823. The fraction of sp³-hybridized carbons (Fsp3) is 0.0172. The predicted molar refractivity (Wildman–Crippen MR) is 263 cm³/mol. The minimum atomic E-state index is 0.823. The van der Waals surface area contributed by atoms with Crippen LogP contribution in [0.5, 0.6) is 0 Å². The van der Waals surface area contributed by atoms with Crippen LogP contribution in [0.1, 0.15) is 12.5 Å². The van der Waals surface area contributed by atoms with Crippen LogP contribution in [0.15, 0.2) is 222 Å². The van der Waals surface area contributed by atoms with Crippen LogP contribution in [0.4, 0.5) is 0 Å². The first-order chi connectivity index (χ1) is 31.2. The molecule has 63 heavy (non-hydrogen) atoms. The average Bonchev–Trinajstić information content (AvgIpc) is 3.89. The lowest BCUT2D eigenvalue weighted by molar-refractivity contribution is 0.669. The van der Waals surface area contributed by atoms with Crippen molar-refractivity contribution in [1.29, 1.82) is 0 Å². The zero-order valence-corrected chi connectivity index (χ0v) is 34.6. The molecule has 0 atom stereocenters. The number of nitrogens with zero attached hydrogens (tertiary/aromatic N) is 4. The third-order valence-corrected chi connectivity index (χ3v) is 12.0. The molecule has 4 heterocycles. The SMILES string of the molecule is C=N/C(=C\C=C/C)c1ccccc1-c1ccc2c(c1)c1cc(-c3ccccc3-c3ccccn3)ccc1n2-c1ccc2oc3ccc(-c4ccccc4-c4ccccn4)cc3c2c1. The second-order valence-electron chi connectivity index (χ2n) is 15.6. The first-order valence-electron chi connectivity index (χ1n) is 21.1. The smallest absolute Gasteiger partial charge is 0.135 e. The number of aliphatic imine (C=N–C) groups is 1. The molecule has 11 rings (SSSR count). The first-order valence-corrected chi connectivity index (χ1v) is 21.1. The maximum absolute atomic E-state index is 6.50. The number of hydrogen-bond acceptors (Lipinski definition) is 4. The molecule has 5 nitrogen and oxygen atoms in total. The summed E-state index contributed by atoms with van der Waals surface area (Å²) in [4.78, 5) is 13.9. The Hall–Kier alpha value is -8.41. The van der Waals surface area contributed by atoms with E-state index in [1.807, 2.05) is 61.8 Å². The number of allylic oxidation sites excluding steroid dienone is 3. The van der Waals surface area contributed by atoms with Gasteiger partial charge in [0.25, 0.3) is 0 Å². The van der Waals surface area contributed by atoms with Crippen molar-refractivity contribution in [3.63, 3.8) is 0 Å². The van der Waals surface area contributed by atoms with Gasteiger partial charge in [-0.3, -0.25) is 15.0 Å². The monoisotopic (exact) mass is 808 g/mol. The Balaban J connectivity index is 1.12. The molecule has 0 aliphatic carbocycles. The van der Waals surface area contributed by atoms with Crippen molar-refractivity contribution in [2.24, 2.45) is 4.99 Å². The van der Waals surface area contributed by atoms with E-state index < -0.39 is 0 Å². The van der Waals surface area contributed by atoms with Gasteiger partial charge >= 0.3 is 0 Å². The van der Waals surface area contributed by atoms with Gasteiger partial charge in [0.15, 0.2) is 0 Å². The highest BCUT2D eigenvalue weighted by Gasteiger charge is 2.19. The van der Waals surface area contributed by atoms with E-state index in [1.54, 1.807) is 0 Å². The van der Waals surface area contributed by atoms with Crippen LogP contribution >= 0.6 is 0 Å². The molecule has 298 valence electrons. The second-order valence-corrected chi connectivity index (χ2v) is 15.6. The van der Waals surface area contributed by atoms with Crippen molar-refractivity contribution in [2.75, 3.05) is 0 Å². The van der Waals surface area contributed by atoms with Gasteiger partial charge in [-0.15, -0.1) is 0 Å². The topological polar surface area (TPSA) is 56.2 Å². The Bertz CT molecular complexity index is 3590. The summed E-state index contributed by atoms with van der Waals surface area (Å²) in [6.45, 7) is 5.93. The van der Waals surface area contributed by atoms with Gasteiger partial charge in [0, 0.05) is 56.3 Å². The molecule has 0 unspecified atom stereocenters. The van der Waals surface area contributed by atoms with E-state index in [1.165, 1.54) is 0 Å². The summed E-state index contributed by atoms with van der Waals surface area (Å²) in [5, 5.41) is 4.41. The Morgan fingerprint density at radius 2 is 1.00 bits per heavy atom. The van der Waals surface area contributed by atoms with Crippen molar-refractivity contribution in [3.05, 3.63) is 218 Å². The van der Waals surface area contributed by atoms with Crippen LogP contribution in [-0.2, 0) is 0 Å². The van der Waals surface area contributed by atoms with Gasteiger partial charge in [-0.05, 0) is 132 Å². The minimum Gasteiger partial charge on any atom is -0.456 e. The molecule has 0 aliphatic heterocycles. The number of furan rings is 1. The Kier molecular flexibility index (Phi) is 9.48. The van der Waals surface area contributed by atoms with Gasteiger partial charge in [-0.2, -0.15) is 0 Å². The predicted octanol–water partition coefficient (Wildman–Crippen LogP) is 15.4. The van der Waals surface area contributed by atoms with Crippen LogP contribution in [-0.4, -0.2) is 21.3 Å². The second kappa shape index (κ2) is 15.9. The number of benzene rings is 7. The average molecular weight is 809 g/mol. The summed E-state index contributed by atoms with van der Waals surface area (Å²) in [5.41, 5.74) is 17.5. The zero-order chi connectivity index (χ0) is 42.3.